The molecule has 1 aromatic carbocycles. The number of rotatable bonds is 4. The molecule has 3 aliphatic rings. The smallest absolute Gasteiger partial charge is 0.335 e. The predicted octanol–water partition coefficient (Wildman–Crippen LogP) is 5.80. The van der Waals surface area contributed by atoms with E-state index in [-0.39, 0.29) is 34.0 Å². The van der Waals surface area contributed by atoms with Crippen LogP contribution in [0.25, 0.3) is 0 Å². The number of likely N-dealkylation sites (tertiary alicyclic amines) is 1. The maximum atomic E-state index is 11.0. The fourth-order valence-corrected chi connectivity index (χ4v) is 5.65. The number of hydrogen-bond acceptors (Lipinski definition) is 3. The number of carboxylic acids is 1. The van der Waals surface area contributed by atoms with Crippen molar-refractivity contribution in [3.05, 3.63) is 29.8 Å². The van der Waals surface area contributed by atoms with Crippen molar-refractivity contribution in [3.63, 3.8) is 0 Å². The summed E-state index contributed by atoms with van der Waals surface area (Å²) >= 11 is 0. The van der Waals surface area contributed by atoms with Gasteiger partial charge in [-0.1, -0.05) is 19.3 Å². The van der Waals surface area contributed by atoms with Gasteiger partial charge < -0.3 is 14.9 Å². The first-order valence-corrected chi connectivity index (χ1v) is 11.0. The lowest BCUT2D eigenvalue weighted by atomic mass is 9.78. The van der Waals surface area contributed by atoms with Gasteiger partial charge in [0.1, 0.15) is 0 Å². The van der Waals surface area contributed by atoms with Crippen molar-refractivity contribution in [1.82, 2.24) is 4.90 Å². The average molecular weight is 532 g/mol. The van der Waals surface area contributed by atoms with E-state index in [0.717, 1.165) is 31.0 Å². The van der Waals surface area contributed by atoms with E-state index in [9.17, 15) is 4.79 Å². The van der Waals surface area contributed by atoms with Crippen LogP contribution >= 0.6 is 34.0 Å². The third-order valence-electron chi connectivity index (χ3n) is 7.35. The van der Waals surface area contributed by atoms with Crippen LogP contribution in [0.1, 0.15) is 68.1 Å². The van der Waals surface area contributed by atoms with Gasteiger partial charge in [-0.15, -0.1) is 34.0 Å². The van der Waals surface area contributed by atoms with E-state index in [2.05, 4.69) is 9.80 Å². The normalized spacial score (nSPS) is 22.6. The van der Waals surface area contributed by atoms with Gasteiger partial charge in [0.25, 0.3) is 0 Å². The van der Waals surface area contributed by atoms with E-state index in [1.165, 1.54) is 76.6 Å². The van der Waals surface area contributed by atoms with Gasteiger partial charge >= 0.3 is 5.97 Å². The van der Waals surface area contributed by atoms with Crippen molar-refractivity contribution >= 4 is 45.6 Å². The quantitative estimate of drug-likeness (QED) is 0.533. The molecule has 1 N–H and O–H groups in total. The Morgan fingerprint density at radius 3 is 1.79 bits per heavy atom. The molecular formula is C23H36Br2N2O2. The van der Waals surface area contributed by atoms with Gasteiger partial charge in [-0.2, -0.15) is 0 Å². The van der Waals surface area contributed by atoms with Crippen molar-refractivity contribution in [3.8, 4) is 0 Å². The summed E-state index contributed by atoms with van der Waals surface area (Å²) in [7, 11) is 0. The minimum Gasteiger partial charge on any atom is -0.478 e. The fraction of sp³-hybridized carbons (Fsp3) is 0.696. The van der Waals surface area contributed by atoms with Crippen LogP contribution in [0.3, 0.4) is 0 Å². The molecule has 0 spiro atoms. The highest BCUT2D eigenvalue weighted by Crippen LogP contribution is 2.35. The Morgan fingerprint density at radius 2 is 1.28 bits per heavy atom. The van der Waals surface area contributed by atoms with Gasteiger partial charge in [-0.25, -0.2) is 4.79 Å². The Morgan fingerprint density at radius 1 is 0.759 bits per heavy atom. The van der Waals surface area contributed by atoms with Crippen LogP contribution in [0.4, 0.5) is 5.69 Å². The number of nitrogens with zero attached hydrogens (tertiary/aromatic N) is 2. The van der Waals surface area contributed by atoms with E-state index in [1.54, 1.807) is 12.1 Å². The fourth-order valence-electron chi connectivity index (χ4n) is 5.65. The maximum Gasteiger partial charge on any atom is 0.335 e. The lowest BCUT2D eigenvalue weighted by molar-refractivity contribution is 0.0697. The first-order chi connectivity index (χ1) is 13.2. The first kappa shape index (κ1) is 24.7. The molecule has 1 aromatic rings. The second-order valence-electron chi connectivity index (χ2n) is 8.84. The molecule has 6 heteroatoms. The van der Waals surface area contributed by atoms with Gasteiger partial charge in [-0.05, 0) is 87.7 Å². The van der Waals surface area contributed by atoms with Crippen LogP contribution in [0.2, 0.25) is 0 Å². The third kappa shape index (κ3) is 6.20. The molecule has 1 saturated carbocycles. The molecule has 0 amide bonds. The van der Waals surface area contributed by atoms with Crippen molar-refractivity contribution in [1.29, 1.82) is 0 Å². The Bertz CT molecular complexity index is 618. The highest BCUT2D eigenvalue weighted by molar-refractivity contribution is 8.93. The molecule has 0 radical (unpaired) electrons. The van der Waals surface area contributed by atoms with Crippen LogP contribution in [-0.4, -0.2) is 48.2 Å². The molecule has 4 rings (SSSR count). The minimum absolute atomic E-state index is 0. The minimum atomic E-state index is -0.847. The number of hydrogen-bond donors (Lipinski definition) is 1. The summed E-state index contributed by atoms with van der Waals surface area (Å²) in [4.78, 5) is 16.2. The van der Waals surface area contributed by atoms with Crippen LogP contribution in [0.15, 0.2) is 24.3 Å². The van der Waals surface area contributed by atoms with E-state index < -0.39 is 5.97 Å². The predicted molar refractivity (Wildman–Crippen MR) is 130 cm³/mol. The maximum absolute atomic E-state index is 11.0. The zero-order valence-electron chi connectivity index (χ0n) is 17.3. The molecule has 2 heterocycles. The summed E-state index contributed by atoms with van der Waals surface area (Å²) < 4.78 is 0. The van der Waals surface area contributed by atoms with Crippen molar-refractivity contribution in [2.45, 2.75) is 63.8 Å². The SMILES string of the molecule is Br.Br.O=C(O)c1ccc(N2CCC(C3CCN(C4CCCCC4)CC3)CC2)cc1. The Hall–Kier alpha value is -0.590. The Balaban J connectivity index is 0.00000150. The van der Waals surface area contributed by atoms with Crippen molar-refractivity contribution in [2.24, 2.45) is 11.8 Å². The van der Waals surface area contributed by atoms with Crippen LogP contribution in [0, 0.1) is 11.8 Å². The monoisotopic (exact) mass is 530 g/mol. The zero-order chi connectivity index (χ0) is 18.6. The number of anilines is 1. The molecule has 3 fully saturated rings. The van der Waals surface area contributed by atoms with Crippen LogP contribution in [-0.2, 0) is 0 Å². The van der Waals surface area contributed by atoms with Gasteiger partial charge in [-0.3, -0.25) is 0 Å². The molecule has 4 nitrogen and oxygen atoms in total. The molecule has 1 aliphatic carbocycles. The van der Waals surface area contributed by atoms with Crippen LogP contribution < -0.4 is 4.90 Å². The number of carbonyl (C=O) groups is 1. The van der Waals surface area contributed by atoms with Crippen LogP contribution in [0.5, 0.6) is 0 Å². The topological polar surface area (TPSA) is 43.8 Å². The number of piperidine rings is 2. The van der Waals surface area contributed by atoms with Crippen molar-refractivity contribution in [2.75, 3.05) is 31.1 Å². The largest absolute Gasteiger partial charge is 0.478 e. The highest BCUT2D eigenvalue weighted by atomic mass is 79.9. The van der Waals surface area contributed by atoms with E-state index in [1.807, 2.05) is 12.1 Å². The number of aromatic carboxylic acids is 1. The average Bonchev–Trinajstić information content (AvgIpc) is 2.75. The summed E-state index contributed by atoms with van der Waals surface area (Å²) in [5, 5.41) is 9.05. The lowest BCUT2D eigenvalue weighted by Crippen LogP contribution is -2.45. The molecule has 0 aromatic heterocycles. The second-order valence-corrected chi connectivity index (χ2v) is 8.84. The van der Waals surface area contributed by atoms with E-state index in [4.69, 9.17) is 5.11 Å². The van der Waals surface area contributed by atoms with E-state index in [0.29, 0.717) is 5.56 Å². The lowest BCUT2D eigenvalue weighted by Gasteiger charge is -2.43. The summed E-state index contributed by atoms with van der Waals surface area (Å²) in [5.74, 6) is 0.953. The number of carboxylic acid groups (broad SMARTS) is 1. The van der Waals surface area contributed by atoms with Gasteiger partial charge in [0.15, 0.2) is 0 Å². The van der Waals surface area contributed by atoms with Crippen molar-refractivity contribution < 1.29 is 9.90 Å². The molecule has 0 atom stereocenters. The molecular weight excluding hydrogens is 496 g/mol. The molecule has 164 valence electrons. The Kier molecular flexibility index (Phi) is 9.96. The molecule has 0 bridgehead atoms. The third-order valence-corrected chi connectivity index (χ3v) is 7.35. The summed E-state index contributed by atoms with van der Waals surface area (Å²) in [6.45, 7) is 4.87. The number of halogens is 2. The second kappa shape index (κ2) is 11.7. The van der Waals surface area contributed by atoms with Gasteiger partial charge in [0.2, 0.25) is 0 Å². The van der Waals surface area contributed by atoms with E-state index >= 15 is 0 Å². The summed E-state index contributed by atoms with van der Waals surface area (Å²) in [6, 6.07) is 8.27. The van der Waals surface area contributed by atoms with Gasteiger partial charge in [0.05, 0.1) is 5.56 Å². The molecule has 2 saturated heterocycles. The first-order valence-electron chi connectivity index (χ1n) is 11.0. The zero-order valence-corrected chi connectivity index (χ0v) is 20.7. The van der Waals surface area contributed by atoms with Gasteiger partial charge in [0, 0.05) is 24.8 Å². The number of benzene rings is 1. The molecule has 29 heavy (non-hydrogen) atoms. The molecule has 2 aliphatic heterocycles. The highest BCUT2D eigenvalue weighted by Gasteiger charge is 2.32. The standard InChI is InChI=1S/C23H34N2O2.2BrH/c26-23(27)20-6-8-22(9-7-20)25-16-12-19(13-17-25)18-10-14-24(15-11-18)21-4-2-1-3-5-21;;/h6-9,18-19,21H,1-5,10-17H2,(H,26,27);2*1H. The summed E-state index contributed by atoms with van der Waals surface area (Å²) in [5.41, 5.74) is 1.55. The molecule has 0 unspecified atom stereocenters. The Labute approximate surface area is 196 Å². The summed E-state index contributed by atoms with van der Waals surface area (Å²) in [6.07, 6.45) is 12.6.